The summed E-state index contributed by atoms with van der Waals surface area (Å²) in [5.74, 6) is 0. The molecule has 2 atom stereocenters. The van der Waals surface area contributed by atoms with Gasteiger partial charge in [-0.15, -0.1) is 9.24 Å². The molecule has 0 radical (unpaired) electrons. The van der Waals surface area contributed by atoms with E-state index in [2.05, 4.69) is 56.1 Å². The topological polar surface area (TPSA) is 0 Å². The van der Waals surface area contributed by atoms with Crippen molar-refractivity contribution in [2.45, 2.75) is 3.67 Å². The monoisotopic (exact) mass is 250 g/mol. The van der Waals surface area contributed by atoms with E-state index in [4.69, 9.17) is 0 Å². The molecule has 0 saturated carbocycles. The van der Waals surface area contributed by atoms with Crippen LogP contribution in [-0.4, -0.2) is 0 Å². The van der Waals surface area contributed by atoms with Crippen LogP contribution in [0.5, 0.6) is 0 Å². The summed E-state index contributed by atoms with van der Waals surface area (Å²) >= 11 is 2.37. The highest BCUT2D eigenvalue weighted by molar-refractivity contribution is 14.1. The Balaban J connectivity index is 2.85. The fraction of sp³-hybridized carbons (Fsp3) is 0.143. The van der Waals surface area contributed by atoms with Crippen LogP contribution in [-0.2, 0) is 0 Å². The molecular formula is C7H8IP. The van der Waals surface area contributed by atoms with Gasteiger partial charge in [0.05, 0.1) is 0 Å². The molecule has 0 aliphatic rings. The van der Waals surface area contributed by atoms with Gasteiger partial charge in [0.2, 0.25) is 0 Å². The Kier molecular flexibility index (Phi) is 2.93. The van der Waals surface area contributed by atoms with Gasteiger partial charge in [0.25, 0.3) is 0 Å². The van der Waals surface area contributed by atoms with Gasteiger partial charge in [-0.25, -0.2) is 0 Å². The second-order valence-corrected chi connectivity index (χ2v) is 5.18. The Bertz CT molecular complexity index is 172. The number of hydrogen-bond acceptors (Lipinski definition) is 0. The molecule has 0 aliphatic carbocycles. The van der Waals surface area contributed by atoms with Crippen LogP contribution in [0.3, 0.4) is 0 Å². The van der Waals surface area contributed by atoms with Crippen LogP contribution in [0.25, 0.3) is 0 Å². The highest BCUT2D eigenvalue weighted by Crippen LogP contribution is 2.28. The molecule has 1 aromatic rings. The highest BCUT2D eigenvalue weighted by Gasteiger charge is 1.95. The Labute approximate surface area is 71.4 Å². The van der Waals surface area contributed by atoms with Crippen LogP contribution in [0.4, 0.5) is 0 Å². The predicted molar refractivity (Wildman–Crippen MR) is 52.9 cm³/mol. The minimum absolute atomic E-state index is 0.545. The fourth-order valence-corrected chi connectivity index (χ4v) is 1.27. The summed E-state index contributed by atoms with van der Waals surface area (Å²) in [6, 6.07) is 10.4. The van der Waals surface area contributed by atoms with Gasteiger partial charge in [-0.1, -0.05) is 52.9 Å². The first-order valence-electron chi connectivity index (χ1n) is 2.75. The number of alkyl halides is 1. The fourth-order valence-electron chi connectivity index (χ4n) is 0.637. The second kappa shape index (κ2) is 3.52. The van der Waals surface area contributed by atoms with Gasteiger partial charge < -0.3 is 0 Å². The molecule has 2 heteroatoms. The lowest BCUT2D eigenvalue weighted by Gasteiger charge is -1.99. The average Bonchev–Trinajstić information content (AvgIpc) is 1.90. The van der Waals surface area contributed by atoms with Crippen molar-refractivity contribution >= 4 is 31.8 Å². The minimum Gasteiger partial charge on any atom is -0.119 e. The molecule has 48 valence electrons. The van der Waals surface area contributed by atoms with Crippen LogP contribution in [0, 0.1) is 0 Å². The van der Waals surface area contributed by atoms with Gasteiger partial charge in [0, 0.05) is 3.67 Å². The van der Waals surface area contributed by atoms with E-state index in [0.29, 0.717) is 3.67 Å². The van der Waals surface area contributed by atoms with E-state index in [0.717, 1.165) is 0 Å². The van der Waals surface area contributed by atoms with E-state index in [9.17, 15) is 0 Å². The van der Waals surface area contributed by atoms with E-state index in [1.54, 1.807) is 0 Å². The SMILES string of the molecule is PC(I)c1ccccc1. The zero-order valence-corrected chi connectivity index (χ0v) is 8.23. The molecule has 0 saturated heterocycles. The maximum Gasteiger partial charge on any atom is 0.0500 e. The zero-order chi connectivity index (χ0) is 6.69. The molecule has 0 aromatic heterocycles. The van der Waals surface area contributed by atoms with Gasteiger partial charge >= 0.3 is 0 Å². The van der Waals surface area contributed by atoms with E-state index >= 15 is 0 Å². The molecular weight excluding hydrogens is 242 g/mol. The van der Waals surface area contributed by atoms with Crippen LogP contribution in [0.1, 0.15) is 9.23 Å². The molecule has 1 rings (SSSR count). The summed E-state index contributed by atoms with van der Waals surface area (Å²) in [6.07, 6.45) is 0. The normalized spacial score (nSPS) is 13.1. The van der Waals surface area contributed by atoms with E-state index in [1.165, 1.54) is 5.56 Å². The van der Waals surface area contributed by atoms with Crippen molar-refractivity contribution in [2.75, 3.05) is 0 Å². The third-order valence-electron chi connectivity index (χ3n) is 1.12. The Hall–Kier alpha value is 0.380. The molecule has 0 spiro atoms. The van der Waals surface area contributed by atoms with Gasteiger partial charge in [0.15, 0.2) is 0 Å². The first-order valence-corrected chi connectivity index (χ1v) is 4.66. The van der Waals surface area contributed by atoms with Crippen molar-refractivity contribution in [3.05, 3.63) is 35.9 Å². The van der Waals surface area contributed by atoms with E-state index in [1.807, 2.05) is 6.07 Å². The molecule has 0 heterocycles. The van der Waals surface area contributed by atoms with E-state index < -0.39 is 0 Å². The van der Waals surface area contributed by atoms with Gasteiger partial charge in [-0.2, -0.15) is 0 Å². The molecule has 0 amide bonds. The molecule has 0 aliphatic heterocycles. The quantitative estimate of drug-likeness (QED) is 0.408. The summed E-state index contributed by atoms with van der Waals surface area (Å²) in [6.45, 7) is 0. The lowest BCUT2D eigenvalue weighted by atomic mass is 10.2. The van der Waals surface area contributed by atoms with Gasteiger partial charge in [-0.3, -0.25) is 0 Å². The average molecular weight is 250 g/mol. The summed E-state index contributed by atoms with van der Waals surface area (Å²) < 4.78 is 0.545. The van der Waals surface area contributed by atoms with Crippen molar-refractivity contribution in [3.63, 3.8) is 0 Å². The lowest BCUT2D eigenvalue weighted by Crippen LogP contribution is -1.75. The van der Waals surface area contributed by atoms with Gasteiger partial charge in [0.1, 0.15) is 0 Å². The van der Waals surface area contributed by atoms with Crippen molar-refractivity contribution in [1.82, 2.24) is 0 Å². The van der Waals surface area contributed by atoms with Gasteiger partial charge in [-0.05, 0) is 5.56 Å². The standard InChI is InChI=1S/C7H8IP/c8-7(9)6-4-2-1-3-5-6/h1-5,7H,9H2. The molecule has 0 fully saturated rings. The predicted octanol–water partition coefficient (Wildman–Crippen LogP) is 3.00. The first kappa shape index (κ1) is 7.49. The van der Waals surface area contributed by atoms with Crippen LogP contribution < -0.4 is 0 Å². The van der Waals surface area contributed by atoms with Crippen molar-refractivity contribution < 1.29 is 0 Å². The number of halogens is 1. The first-order chi connectivity index (χ1) is 4.30. The number of benzene rings is 1. The zero-order valence-electron chi connectivity index (χ0n) is 4.92. The third kappa shape index (κ3) is 2.23. The molecule has 0 N–H and O–H groups in total. The third-order valence-corrected chi connectivity index (χ3v) is 2.22. The highest BCUT2D eigenvalue weighted by atomic mass is 127. The molecule has 0 nitrogen and oxygen atoms in total. The summed E-state index contributed by atoms with van der Waals surface area (Å²) in [4.78, 5) is 0. The lowest BCUT2D eigenvalue weighted by molar-refractivity contribution is 1.43. The molecule has 1 aromatic carbocycles. The van der Waals surface area contributed by atoms with Crippen molar-refractivity contribution in [2.24, 2.45) is 0 Å². The summed E-state index contributed by atoms with van der Waals surface area (Å²) in [5, 5.41) is 0. The molecule has 2 unspecified atom stereocenters. The Morgan fingerprint density at radius 3 is 2.11 bits per heavy atom. The minimum atomic E-state index is 0.545. The summed E-state index contributed by atoms with van der Waals surface area (Å²) in [7, 11) is 2.76. The molecule has 9 heavy (non-hydrogen) atoms. The van der Waals surface area contributed by atoms with Crippen molar-refractivity contribution in [1.29, 1.82) is 0 Å². The second-order valence-electron chi connectivity index (χ2n) is 1.81. The van der Waals surface area contributed by atoms with Crippen LogP contribution >= 0.6 is 31.8 Å². The van der Waals surface area contributed by atoms with Crippen LogP contribution in [0.2, 0.25) is 0 Å². The van der Waals surface area contributed by atoms with Crippen molar-refractivity contribution in [3.8, 4) is 0 Å². The maximum absolute atomic E-state index is 2.76. The number of rotatable bonds is 1. The largest absolute Gasteiger partial charge is 0.119 e. The number of hydrogen-bond donors (Lipinski definition) is 0. The Morgan fingerprint density at radius 1 is 1.22 bits per heavy atom. The van der Waals surface area contributed by atoms with Crippen LogP contribution in [0.15, 0.2) is 30.3 Å². The summed E-state index contributed by atoms with van der Waals surface area (Å²) in [5.41, 5.74) is 1.36. The maximum atomic E-state index is 2.76. The smallest absolute Gasteiger partial charge is 0.0500 e. The molecule has 0 bridgehead atoms. The Morgan fingerprint density at radius 2 is 1.78 bits per heavy atom. The van der Waals surface area contributed by atoms with E-state index in [-0.39, 0.29) is 0 Å².